The number of aliphatic imine (C=N–C) groups is 1. The maximum Gasteiger partial charge on any atom is 0.191 e. The molecule has 0 spiro atoms. The molecule has 1 unspecified atom stereocenters. The van der Waals surface area contributed by atoms with Gasteiger partial charge in [-0.15, -0.1) is 0 Å². The Balaban J connectivity index is 1.68. The fraction of sp³-hybridized carbons (Fsp3) is 0.611. The predicted octanol–water partition coefficient (Wildman–Crippen LogP) is 0.845. The summed E-state index contributed by atoms with van der Waals surface area (Å²) < 4.78 is 13.2. The van der Waals surface area contributed by atoms with Gasteiger partial charge in [-0.1, -0.05) is 0 Å². The average molecular weight is 375 g/mol. The van der Waals surface area contributed by atoms with Crippen molar-refractivity contribution < 1.29 is 9.15 Å². The number of nitrogens with one attached hydrogen (secondary N) is 2. The Bertz CT molecular complexity index is 734. The molecule has 0 aromatic carbocycles. The number of rotatable bonds is 7. The Morgan fingerprint density at radius 2 is 2.11 bits per heavy atom. The third-order valence-electron chi connectivity index (χ3n) is 4.57. The van der Waals surface area contributed by atoms with Crippen molar-refractivity contribution in [3.8, 4) is 0 Å². The van der Waals surface area contributed by atoms with E-state index < -0.39 is 0 Å². The van der Waals surface area contributed by atoms with Crippen molar-refractivity contribution in [2.45, 2.75) is 26.4 Å². The Morgan fingerprint density at radius 3 is 2.74 bits per heavy atom. The number of aryl methyl sites for hydroxylation is 2. The minimum Gasteiger partial charge on any atom is -0.465 e. The average Bonchev–Trinajstić information content (AvgIpc) is 3.29. The van der Waals surface area contributed by atoms with E-state index in [2.05, 4.69) is 43.6 Å². The third-order valence-corrected chi connectivity index (χ3v) is 4.57. The van der Waals surface area contributed by atoms with Gasteiger partial charge in [-0.25, -0.2) is 9.98 Å². The molecule has 0 bridgehead atoms. The fourth-order valence-electron chi connectivity index (χ4n) is 3.08. The second-order valence-corrected chi connectivity index (χ2v) is 6.49. The number of nitrogens with zero attached hydrogens (tertiary/aromatic N) is 5. The molecular formula is C18H29N7O2. The highest BCUT2D eigenvalue weighted by Crippen LogP contribution is 2.23. The van der Waals surface area contributed by atoms with Crippen LogP contribution in [0.5, 0.6) is 0 Å². The summed E-state index contributed by atoms with van der Waals surface area (Å²) in [6.07, 6.45) is 1.54. The molecule has 2 aromatic heterocycles. The highest BCUT2D eigenvalue weighted by Gasteiger charge is 2.25. The van der Waals surface area contributed by atoms with Crippen LogP contribution in [0.2, 0.25) is 0 Å². The van der Waals surface area contributed by atoms with Crippen molar-refractivity contribution in [3.63, 3.8) is 0 Å². The third kappa shape index (κ3) is 5.30. The van der Waals surface area contributed by atoms with E-state index in [0.717, 1.165) is 56.2 Å². The number of guanidine groups is 1. The Morgan fingerprint density at radius 1 is 1.30 bits per heavy atom. The molecule has 3 heterocycles. The quantitative estimate of drug-likeness (QED) is 0.547. The van der Waals surface area contributed by atoms with Gasteiger partial charge in [0.1, 0.15) is 30.2 Å². The number of hydrogen-bond acceptors (Lipinski definition) is 6. The highest BCUT2D eigenvalue weighted by molar-refractivity contribution is 5.79. The molecule has 1 aliphatic heterocycles. The van der Waals surface area contributed by atoms with E-state index in [0.29, 0.717) is 13.1 Å². The smallest absolute Gasteiger partial charge is 0.191 e. The molecule has 1 saturated heterocycles. The SMILES string of the molecule is CCNC(=NCc1ncnn1C)NCC(c1ccc(C)o1)N1CCOCC1. The van der Waals surface area contributed by atoms with E-state index in [9.17, 15) is 0 Å². The van der Waals surface area contributed by atoms with Crippen LogP contribution in [0.1, 0.15) is 30.3 Å². The maximum atomic E-state index is 5.92. The van der Waals surface area contributed by atoms with Gasteiger partial charge in [-0.2, -0.15) is 5.10 Å². The molecule has 2 N–H and O–H groups in total. The highest BCUT2D eigenvalue weighted by atomic mass is 16.5. The predicted molar refractivity (Wildman–Crippen MR) is 102 cm³/mol. The van der Waals surface area contributed by atoms with Crippen LogP contribution < -0.4 is 10.6 Å². The van der Waals surface area contributed by atoms with Gasteiger partial charge in [0.25, 0.3) is 0 Å². The first-order valence-electron chi connectivity index (χ1n) is 9.40. The van der Waals surface area contributed by atoms with Crippen LogP contribution in [0.15, 0.2) is 27.9 Å². The molecule has 0 aliphatic carbocycles. The van der Waals surface area contributed by atoms with E-state index in [1.807, 2.05) is 20.0 Å². The Labute approximate surface area is 159 Å². The molecule has 1 fully saturated rings. The van der Waals surface area contributed by atoms with Crippen LogP contribution in [-0.4, -0.2) is 65.0 Å². The van der Waals surface area contributed by atoms with Gasteiger partial charge in [-0.3, -0.25) is 9.58 Å². The minimum absolute atomic E-state index is 0.126. The molecule has 2 aromatic rings. The zero-order chi connectivity index (χ0) is 19.1. The minimum atomic E-state index is 0.126. The summed E-state index contributed by atoms with van der Waals surface area (Å²) >= 11 is 0. The zero-order valence-electron chi connectivity index (χ0n) is 16.3. The van der Waals surface area contributed by atoms with Gasteiger partial charge in [0.15, 0.2) is 5.96 Å². The van der Waals surface area contributed by atoms with E-state index in [-0.39, 0.29) is 6.04 Å². The molecule has 1 atom stereocenters. The summed E-state index contributed by atoms with van der Waals surface area (Å²) in [5, 5.41) is 10.8. The number of ether oxygens (including phenoxy) is 1. The number of aromatic nitrogens is 3. The summed E-state index contributed by atoms with van der Waals surface area (Å²) in [5.41, 5.74) is 0. The van der Waals surface area contributed by atoms with Crippen LogP contribution in [0.25, 0.3) is 0 Å². The van der Waals surface area contributed by atoms with Crippen molar-refractivity contribution in [1.29, 1.82) is 0 Å². The second-order valence-electron chi connectivity index (χ2n) is 6.49. The van der Waals surface area contributed by atoms with Crippen LogP contribution in [-0.2, 0) is 18.3 Å². The van der Waals surface area contributed by atoms with Crippen LogP contribution in [0, 0.1) is 6.92 Å². The van der Waals surface area contributed by atoms with Crippen molar-refractivity contribution in [2.75, 3.05) is 39.4 Å². The first kappa shape index (κ1) is 19.4. The molecule has 3 rings (SSSR count). The normalized spacial score (nSPS) is 17.1. The largest absolute Gasteiger partial charge is 0.465 e. The molecular weight excluding hydrogens is 346 g/mol. The standard InChI is InChI=1S/C18H29N7O2/c1-4-19-18(21-12-17-22-13-23-24(17)3)20-11-15(16-6-5-14(2)27-16)25-7-9-26-10-8-25/h5-6,13,15H,4,7-12H2,1-3H3,(H2,19,20,21). The van der Waals surface area contributed by atoms with Crippen molar-refractivity contribution in [3.05, 3.63) is 35.8 Å². The summed E-state index contributed by atoms with van der Waals surface area (Å²) in [7, 11) is 1.87. The zero-order valence-corrected chi connectivity index (χ0v) is 16.3. The lowest BCUT2D eigenvalue weighted by atomic mass is 10.1. The summed E-state index contributed by atoms with van der Waals surface area (Å²) in [4.78, 5) is 11.2. The van der Waals surface area contributed by atoms with Gasteiger partial charge in [0.05, 0.1) is 19.3 Å². The van der Waals surface area contributed by atoms with Gasteiger partial charge in [0.2, 0.25) is 0 Å². The van der Waals surface area contributed by atoms with Crippen molar-refractivity contribution >= 4 is 5.96 Å². The lowest BCUT2D eigenvalue weighted by molar-refractivity contribution is 0.0124. The molecule has 148 valence electrons. The Hall–Kier alpha value is -2.39. The van der Waals surface area contributed by atoms with Gasteiger partial charge >= 0.3 is 0 Å². The van der Waals surface area contributed by atoms with E-state index in [1.54, 1.807) is 11.0 Å². The topological polar surface area (TPSA) is 92.7 Å². The van der Waals surface area contributed by atoms with Crippen molar-refractivity contribution in [2.24, 2.45) is 12.0 Å². The van der Waals surface area contributed by atoms with Crippen molar-refractivity contribution in [1.82, 2.24) is 30.3 Å². The van der Waals surface area contributed by atoms with E-state index >= 15 is 0 Å². The molecule has 1 aliphatic rings. The summed E-state index contributed by atoms with van der Waals surface area (Å²) in [6.45, 7) is 9.23. The van der Waals surface area contributed by atoms with Crippen LogP contribution >= 0.6 is 0 Å². The molecule has 0 saturated carbocycles. The second kappa shape index (κ2) is 9.52. The number of furan rings is 1. The lowest BCUT2D eigenvalue weighted by Crippen LogP contribution is -2.46. The Kier molecular flexibility index (Phi) is 6.83. The van der Waals surface area contributed by atoms with Gasteiger partial charge < -0.3 is 19.8 Å². The first-order chi connectivity index (χ1) is 13.2. The van der Waals surface area contributed by atoms with E-state index in [4.69, 9.17) is 9.15 Å². The lowest BCUT2D eigenvalue weighted by Gasteiger charge is -2.33. The summed E-state index contributed by atoms with van der Waals surface area (Å²) in [5.74, 6) is 3.46. The van der Waals surface area contributed by atoms with Gasteiger partial charge in [0, 0.05) is 33.2 Å². The van der Waals surface area contributed by atoms with Crippen LogP contribution in [0.3, 0.4) is 0 Å². The maximum absolute atomic E-state index is 5.92. The van der Waals surface area contributed by atoms with Gasteiger partial charge in [-0.05, 0) is 26.0 Å². The number of morpholine rings is 1. The molecule has 9 heteroatoms. The number of hydrogen-bond donors (Lipinski definition) is 2. The fourth-order valence-corrected chi connectivity index (χ4v) is 3.08. The molecule has 0 amide bonds. The molecule has 9 nitrogen and oxygen atoms in total. The molecule has 27 heavy (non-hydrogen) atoms. The first-order valence-corrected chi connectivity index (χ1v) is 9.40. The van der Waals surface area contributed by atoms with Crippen LogP contribution in [0.4, 0.5) is 0 Å². The van der Waals surface area contributed by atoms with E-state index in [1.165, 1.54) is 0 Å². The molecule has 0 radical (unpaired) electrons. The monoisotopic (exact) mass is 375 g/mol. The summed E-state index contributed by atoms with van der Waals surface area (Å²) in [6, 6.07) is 4.19.